The van der Waals surface area contributed by atoms with Gasteiger partial charge in [-0.15, -0.1) is 0 Å². The van der Waals surface area contributed by atoms with Crippen LogP contribution in [0.4, 0.5) is 11.4 Å². The second-order valence-corrected chi connectivity index (χ2v) is 7.12. The van der Waals surface area contributed by atoms with E-state index in [0.29, 0.717) is 28.1 Å². The lowest BCUT2D eigenvalue weighted by Crippen LogP contribution is -2.23. The predicted octanol–water partition coefficient (Wildman–Crippen LogP) is 2.80. The maximum Gasteiger partial charge on any atom is 0.237 e. The smallest absolute Gasteiger partial charge is 0.237 e. The highest BCUT2D eigenvalue weighted by molar-refractivity contribution is 7.85. The van der Waals surface area contributed by atoms with E-state index >= 15 is 0 Å². The van der Waals surface area contributed by atoms with Gasteiger partial charge in [0.2, 0.25) is 5.91 Å². The number of benzene rings is 1. The molecule has 1 aliphatic carbocycles. The summed E-state index contributed by atoms with van der Waals surface area (Å²) < 4.78 is 11.9. The van der Waals surface area contributed by atoms with Gasteiger partial charge in [0.1, 0.15) is 5.75 Å². The fourth-order valence-electron chi connectivity index (χ4n) is 2.48. The lowest BCUT2D eigenvalue weighted by molar-refractivity contribution is -0.113. The van der Waals surface area contributed by atoms with Crippen LogP contribution in [0.3, 0.4) is 0 Å². The predicted molar refractivity (Wildman–Crippen MR) is 84.3 cm³/mol. The van der Waals surface area contributed by atoms with E-state index in [1.807, 2.05) is 0 Å². The molecule has 0 aromatic heterocycles. The maximum absolute atomic E-state index is 11.9. The van der Waals surface area contributed by atoms with Gasteiger partial charge in [0.05, 0.1) is 11.4 Å². The minimum absolute atomic E-state index is 0.0264. The van der Waals surface area contributed by atoms with E-state index < -0.39 is 10.8 Å². The summed E-state index contributed by atoms with van der Waals surface area (Å²) in [5.41, 5.74) is 6.68. The zero-order chi connectivity index (χ0) is 14.5. The molecular weight excluding hydrogens is 296 g/mol. The van der Waals surface area contributed by atoms with E-state index in [1.54, 1.807) is 18.2 Å². The van der Waals surface area contributed by atoms with Gasteiger partial charge in [-0.2, -0.15) is 0 Å². The summed E-state index contributed by atoms with van der Waals surface area (Å²) in [6.45, 7) is 0. The monoisotopic (exact) mass is 314 g/mol. The van der Waals surface area contributed by atoms with Crippen LogP contribution in [-0.4, -0.2) is 21.6 Å². The third kappa shape index (κ3) is 4.49. The second-order valence-electron chi connectivity index (χ2n) is 5.18. The van der Waals surface area contributed by atoms with E-state index in [-0.39, 0.29) is 11.7 Å². The number of nitrogens with two attached hydrogens (primary N) is 1. The summed E-state index contributed by atoms with van der Waals surface area (Å²) in [5.74, 6) is 0.904. The number of amides is 1. The third-order valence-electron chi connectivity index (χ3n) is 3.48. The van der Waals surface area contributed by atoms with Crippen molar-refractivity contribution in [1.29, 1.82) is 0 Å². The molecule has 6 heteroatoms. The first-order chi connectivity index (χ1) is 9.54. The Morgan fingerprint density at radius 3 is 2.75 bits per heavy atom. The first-order valence-electron chi connectivity index (χ1n) is 6.74. The summed E-state index contributed by atoms with van der Waals surface area (Å²) in [4.78, 5) is 11.8. The van der Waals surface area contributed by atoms with Gasteiger partial charge in [-0.05, 0) is 37.0 Å². The second kappa shape index (κ2) is 7.09. The van der Waals surface area contributed by atoms with Crippen molar-refractivity contribution in [3.05, 3.63) is 23.2 Å². The summed E-state index contributed by atoms with van der Waals surface area (Å²) in [5, 5.41) is 3.20. The molecule has 1 aromatic rings. The summed E-state index contributed by atoms with van der Waals surface area (Å²) >= 11 is 5.79. The Kier molecular flexibility index (Phi) is 5.43. The minimum Gasteiger partial charge on any atom is -0.397 e. The Hall–Kier alpha value is -1.07. The number of carbonyl (C=O) groups is 1. The molecule has 1 atom stereocenters. The van der Waals surface area contributed by atoms with E-state index in [9.17, 15) is 9.00 Å². The Morgan fingerprint density at radius 1 is 1.40 bits per heavy atom. The van der Waals surface area contributed by atoms with Gasteiger partial charge in [-0.25, -0.2) is 0 Å². The molecule has 1 saturated carbocycles. The Labute approximate surface area is 126 Å². The number of halogens is 1. The summed E-state index contributed by atoms with van der Waals surface area (Å²) in [6, 6.07) is 4.88. The number of carbonyl (C=O) groups excluding carboxylic acids is 1. The van der Waals surface area contributed by atoms with E-state index in [1.165, 1.54) is 12.8 Å². The van der Waals surface area contributed by atoms with E-state index in [0.717, 1.165) is 12.8 Å². The highest BCUT2D eigenvalue weighted by atomic mass is 35.5. The van der Waals surface area contributed by atoms with Gasteiger partial charge >= 0.3 is 0 Å². The topological polar surface area (TPSA) is 72.2 Å². The van der Waals surface area contributed by atoms with Crippen LogP contribution in [0.15, 0.2) is 18.2 Å². The van der Waals surface area contributed by atoms with Gasteiger partial charge < -0.3 is 11.1 Å². The van der Waals surface area contributed by atoms with Gasteiger partial charge in [0.15, 0.2) is 0 Å². The van der Waals surface area contributed by atoms with Crippen molar-refractivity contribution in [3.8, 4) is 0 Å². The van der Waals surface area contributed by atoms with Crippen LogP contribution in [0.25, 0.3) is 0 Å². The fraction of sp³-hybridized carbons (Fsp3) is 0.500. The van der Waals surface area contributed by atoms with Crippen LogP contribution < -0.4 is 11.1 Å². The van der Waals surface area contributed by atoms with E-state index in [2.05, 4.69) is 5.32 Å². The zero-order valence-corrected chi connectivity index (χ0v) is 12.8. The first kappa shape index (κ1) is 15.3. The summed E-state index contributed by atoms with van der Waals surface area (Å²) in [6.07, 6.45) is 4.71. The molecule has 1 unspecified atom stereocenters. The van der Waals surface area contributed by atoms with Gasteiger partial charge in [0.25, 0.3) is 0 Å². The highest BCUT2D eigenvalue weighted by Gasteiger charge is 2.19. The lowest BCUT2D eigenvalue weighted by Gasteiger charge is -2.10. The molecule has 3 N–H and O–H groups in total. The van der Waals surface area contributed by atoms with Gasteiger partial charge in [-0.3, -0.25) is 9.00 Å². The Balaban J connectivity index is 1.83. The number of rotatable bonds is 5. The van der Waals surface area contributed by atoms with Crippen molar-refractivity contribution >= 4 is 39.7 Å². The van der Waals surface area contributed by atoms with Crippen molar-refractivity contribution in [2.75, 3.05) is 22.6 Å². The van der Waals surface area contributed by atoms with Crippen LogP contribution >= 0.6 is 11.6 Å². The van der Waals surface area contributed by atoms with Crippen LogP contribution in [-0.2, 0) is 15.6 Å². The number of nitrogen functional groups attached to an aromatic ring is 1. The molecule has 4 nitrogen and oxygen atoms in total. The summed E-state index contributed by atoms with van der Waals surface area (Å²) in [7, 11) is -1.10. The Morgan fingerprint density at radius 2 is 2.10 bits per heavy atom. The molecule has 0 radical (unpaired) electrons. The van der Waals surface area contributed by atoms with E-state index in [4.69, 9.17) is 17.3 Å². The Bertz CT molecular complexity index is 516. The van der Waals surface area contributed by atoms with Crippen molar-refractivity contribution in [2.45, 2.75) is 25.7 Å². The van der Waals surface area contributed by atoms with Crippen molar-refractivity contribution < 1.29 is 9.00 Å². The molecule has 0 spiro atoms. The molecule has 1 fully saturated rings. The average Bonchev–Trinajstić information content (AvgIpc) is 2.85. The largest absolute Gasteiger partial charge is 0.397 e. The first-order valence-corrected chi connectivity index (χ1v) is 8.61. The molecule has 0 heterocycles. The standard InChI is InChI=1S/C14H19ClN2O2S/c15-11-5-6-13(12(16)7-11)17-14(18)9-20(19)8-10-3-1-2-4-10/h5-7,10H,1-4,8-9,16H2,(H,17,18). The number of anilines is 2. The molecule has 20 heavy (non-hydrogen) atoms. The van der Waals surface area contributed by atoms with Crippen molar-refractivity contribution in [1.82, 2.24) is 0 Å². The third-order valence-corrected chi connectivity index (χ3v) is 5.14. The highest BCUT2D eigenvalue weighted by Crippen LogP contribution is 2.25. The van der Waals surface area contributed by atoms with Crippen molar-refractivity contribution in [2.24, 2.45) is 5.92 Å². The SMILES string of the molecule is Nc1cc(Cl)ccc1NC(=O)CS(=O)CC1CCCC1. The molecular formula is C14H19ClN2O2S. The molecule has 1 amide bonds. The maximum atomic E-state index is 11.9. The number of nitrogens with one attached hydrogen (secondary N) is 1. The average molecular weight is 315 g/mol. The van der Waals surface area contributed by atoms with Crippen LogP contribution in [0.5, 0.6) is 0 Å². The molecule has 0 aliphatic heterocycles. The molecule has 0 saturated heterocycles. The molecule has 1 aliphatic rings. The minimum atomic E-state index is -1.10. The number of hydrogen-bond donors (Lipinski definition) is 2. The molecule has 2 rings (SSSR count). The van der Waals surface area contributed by atoms with Crippen LogP contribution in [0.1, 0.15) is 25.7 Å². The normalized spacial score (nSPS) is 17.1. The molecule has 110 valence electrons. The van der Waals surface area contributed by atoms with Crippen LogP contribution in [0.2, 0.25) is 5.02 Å². The van der Waals surface area contributed by atoms with Crippen molar-refractivity contribution in [3.63, 3.8) is 0 Å². The zero-order valence-electron chi connectivity index (χ0n) is 11.2. The van der Waals surface area contributed by atoms with Crippen LogP contribution in [0, 0.1) is 5.92 Å². The van der Waals surface area contributed by atoms with Gasteiger partial charge in [0, 0.05) is 21.6 Å². The molecule has 0 bridgehead atoms. The quantitative estimate of drug-likeness (QED) is 0.821. The number of hydrogen-bond acceptors (Lipinski definition) is 3. The van der Waals surface area contributed by atoms with Gasteiger partial charge in [-0.1, -0.05) is 24.4 Å². The lowest BCUT2D eigenvalue weighted by atomic mass is 10.1. The molecule has 1 aromatic carbocycles. The fourth-order valence-corrected chi connectivity index (χ4v) is 4.00.